The van der Waals surface area contributed by atoms with E-state index in [1.807, 2.05) is 32.8 Å². The van der Waals surface area contributed by atoms with Gasteiger partial charge in [0.25, 0.3) is 17.7 Å². The highest BCUT2D eigenvalue weighted by Gasteiger charge is 2.41. The smallest absolute Gasteiger partial charge is 0.275 e. The summed E-state index contributed by atoms with van der Waals surface area (Å²) in [5.41, 5.74) is 1.06. The van der Waals surface area contributed by atoms with Gasteiger partial charge in [0.2, 0.25) is 5.91 Å². The maximum absolute atomic E-state index is 15.4. The normalized spacial score (nSPS) is 14.8. The minimum Gasteiger partial charge on any atom is -0.490 e. The lowest BCUT2D eigenvalue weighted by Crippen LogP contribution is -2.33. The Hall–Kier alpha value is -4.28. The number of hydrogen-bond donors (Lipinski definition) is 2. The Morgan fingerprint density at radius 2 is 1.66 bits per heavy atom. The lowest BCUT2D eigenvalue weighted by molar-refractivity contribution is -0.116. The molecule has 0 atom stereocenters. The first-order valence-electron chi connectivity index (χ1n) is 14.1. The molecular formula is C33H37ClF2N4O4. The summed E-state index contributed by atoms with van der Waals surface area (Å²) in [5, 5.41) is 5.45. The molecule has 44 heavy (non-hydrogen) atoms. The molecule has 3 amide bonds. The summed E-state index contributed by atoms with van der Waals surface area (Å²) in [6, 6.07) is 19.5. The van der Waals surface area contributed by atoms with Gasteiger partial charge >= 0.3 is 0 Å². The molecule has 2 N–H and O–H groups in total. The van der Waals surface area contributed by atoms with Crippen molar-refractivity contribution >= 4 is 47.1 Å². The molecule has 234 valence electrons. The van der Waals surface area contributed by atoms with Crippen LogP contribution in [0.15, 0.2) is 78.9 Å². The Morgan fingerprint density at radius 3 is 2.34 bits per heavy atom. The van der Waals surface area contributed by atoms with Crippen LogP contribution in [-0.2, 0) is 4.79 Å². The summed E-state index contributed by atoms with van der Waals surface area (Å²) in [6.45, 7) is 4.35. The van der Waals surface area contributed by atoms with E-state index in [1.54, 1.807) is 54.6 Å². The maximum Gasteiger partial charge on any atom is 0.275 e. The molecule has 11 heteroatoms. The number of anilines is 2. The van der Waals surface area contributed by atoms with Crippen molar-refractivity contribution in [2.75, 3.05) is 43.9 Å². The van der Waals surface area contributed by atoms with Crippen LogP contribution >= 0.6 is 12.4 Å². The largest absolute Gasteiger partial charge is 0.490 e. The third kappa shape index (κ3) is 8.42. The molecule has 1 aliphatic heterocycles. The second kappa shape index (κ2) is 14.9. The zero-order valence-electron chi connectivity index (χ0n) is 25.1. The van der Waals surface area contributed by atoms with E-state index in [2.05, 4.69) is 10.6 Å². The van der Waals surface area contributed by atoms with E-state index in [0.717, 1.165) is 6.08 Å². The molecule has 0 saturated heterocycles. The second-order valence-corrected chi connectivity index (χ2v) is 10.8. The fraction of sp³-hybridized carbons (Fsp3) is 0.303. The fourth-order valence-corrected chi connectivity index (χ4v) is 4.68. The summed E-state index contributed by atoms with van der Waals surface area (Å²) in [5.74, 6) is -4.36. The number of nitrogens with one attached hydrogen (secondary N) is 2. The summed E-state index contributed by atoms with van der Waals surface area (Å²) in [7, 11) is 3.69. The van der Waals surface area contributed by atoms with Crippen LogP contribution in [0.25, 0.3) is 5.57 Å². The first-order valence-corrected chi connectivity index (χ1v) is 14.1. The number of rotatable bonds is 9. The summed E-state index contributed by atoms with van der Waals surface area (Å²) < 4.78 is 36.6. The number of benzene rings is 3. The van der Waals surface area contributed by atoms with E-state index in [0.29, 0.717) is 30.1 Å². The molecule has 1 heterocycles. The maximum atomic E-state index is 15.4. The van der Waals surface area contributed by atoms with Gasteiger partial charge in [0.1, 0.15) is 5.75 Å². The monoisotopic (exact) mass is 626 g/mol. The van der Waals surface area contributed by atoms with Crippen LogP contribution in [0.3, 0.4) is 0 Å². The van der Waals surface area contributed by atoms with Gasteiger partial charge in [-0.2, -0.15) is 0 Å². The van der Waals surface area contributed by atoms with Gasteiger partial charge in [-0.1, -0.05) is 30.3 Å². The topological polar surface area (TPSA) is 91.0 Å². The highest BCUT2D eigenvalue weighted by molar-refractivity contribution is 6.10. The molecule has 3 aromatic carbocycles. The average molecular weight is 627 g/mol. The molecule has 0 fully saturated rings. The van der Waals surface area contributed by atoms with Crippen molar-refractivity contribution in [1.82, 2.24) is 10.2 Å². The lowest BCUT2D eigenvalue weighted by atomic mass is 9.97. The van der Waals surface area contributed by atoms with Crippen molar-refractivity contribution in [3.63, 3.8) is 0 Å². The van der Waals surface area contributed by atoms with Crippen LogP contribution in [0.1, 0.15) is 46.5 Å². The number of nitrogens with zero attached hydrogens (tertiary/aromatic N) is 2. The molecule has 8 nitrogen and oxygen atoms in total. The molecule has 0 radical (unpaired) electrons. The van der Waals surface area contributed by atoms with Crippen LogP contribution in [0.2, 0.25) is 0 Å². The summed E-state index contributed by atoms with van der Waals surface area (Å²) in [6.07, 6.45) is 0.167. The van der Waals surface area contributed by atoms with Crippen LogP contribution < -0.4 is 20.3 Å². The van der Waals surface area contributed by atoms with Crippen molar-refractivity contribution in [3.05, 3.63) is 95.6 Å². The van der Waals surface area contributed by atoms with Gasteiger partial charge in [0.05, 0.1) is 17.4 Å². The van der Waals surface area contributed by atoms with Crippen molar-refractivity contribution in [2.45, 2.75) is 32.3 Å². The predicted octanol–water partition coefficient (Wildman–Crippen LogP) is 5.89. The molecular weight excluding hydrogens is 590 g/mol. The number of ether oxygens (including phenoxy) is 1. The van der Waals surface area contributed by atoms with Crippen LogP contribution in [0.4, 0.5) is 20.2 Å². The van der Waals surface area contributed by atoms with Gasteiger partial charge in [0.15, 0.2) is 0 Å². The third-order valence-corrected chi connectivity index (χ3v) is 6.79. The van der Waals surface area contributed by atoms with Gasteiger partial charge in [-0.25, -0.2) is 8.78 Å². The summed E-state index contributed by atoms with van der Waals surface area (Å²) in [4.78, 5) is 42.3. The van der Waals surface area contributed by atoms with E-state index < -0.39 is 29.7 Å². The number of allylic oxidation sites excluding steroid dienone is 1. The average Bonchev–Trinajstić information content (AvgIpc) is 3.06. The summed E-state index contributed by atoms with van der Waals surface area (Å²) >= 11 is 0. The lowest BCUT2D eigenvalue weighted by Gasteiger charge is -2.23. The minimum atomic E-state index is -3.34. The third-order valence-electron chi connectivity index (χ3n) is 6.79. The van der Waals surface area contributed by atoms with Gasteiger partial charge in [0, 0.05) is 54.5 Å². The van der Waals surface area contributed by atoms with Gasteiger partial charge in [-0.15, -0.1) is 12.4 Å². The molecule has 0 bridgehead atoms. The molecule has 0 unspecified atom stereocenters. The molecule has 1 aliphatic rings. The van der Waals surface area contributed by atoms with E-state index in [4.69, 9.17) is 4.74 Å². The van der Waals surface area contributed by atoms with Gasteiger partial charge in [-0.3, -0.25) is 14.4 Å². The van der Waals surface area contributed by atoms with Crippen LogP contribution in [0.5, 0.6) is 5.75 Å². The number of para-hydroxylation sites is 2. The highest BCUT2D eigenvalue weighted by Crippen LogP contribution is 2.43. The highest BCUT2D eigenvalue weighted by atomic mass is 35.5. The van der Waals surface area contributed by atoms with Gasteiger partial charge < -0.3 is 25.2 Å². The Labute approximate surface area is 262 Å². The Balaban J connectivity index is 0.00000529. The fourth-order valence-electron chi connectivity index (χ4n) is 4.68. The SMILES string of the molecule is CC(C)Oc1ccccc1C(=O)Nc1ccc(C(=O)N2CCC(F)(F)/C(=C\C(=O)NCCN(C)C)c3ccccc32)cc1.Cl. The second-order valence-electron chi connectivity index (χ2n) is 10.8. The predicted molar refractivity (Wildman–Crippen MR) is 171 cm³/mol. The number of amides is 3. The zero-order chi connectivity index (χ0) is 31.1. The minimum absolute atomic E-state index is 0. The number of halogens is 3. The molecule has 0 saturated carbocycles. The Bertz CT molecular complexity index is 1510. The van der Waals surface area contributed by atoms with Crippen LogP contribution in [0, 0.1) is 0 Å². The Morgan fingerprint density at radius 1 is 1.00 bits per heavy atom. The first kappa shape index (κ1) is 34.2. The van der Waals surface area contributed by atoms with Crippen molar-refractivity contribution in [3.8, 4) is 5.75 Å². The van der Waals surface area contributed by atoms with E-state index in [9.17, 15) is 14.4 Å². The zero-order valence-corrected chi connectivity index (χ0v) is 25.9. The standard InChI is InChI=1S/C33H36F2N4O4.ClH/c1-22(2)43-29-12-8-6-10-26(29)31(41)37-24-15-13-23(14-16-24)32(42)39-19-17-33(34,35)27(25-9-5-7-11-28(25)39)21-30(40)36-18-20-38(3)4;/h5-16,21-22H,17-20H2,1-4H3,(H,36,40)(H,37,41);1H/b27-21-;. The molecule has 4 rings (SSSR count). The number of hydrogen-bond acceptors (Lipinski definition) is 5. The van der Waals surface area contributed by atoms with Crippen molar-refractivity contribution in [2.24, 2.45) is 0 Å². The molecule has 0 spiro atoms. The Kier molecular flexibility index (Phi) is 11.6. The number of fused-ring (bicyclic) bond motifs is 1. The number of likely N-dealkylation sites (N-methyl/N-ethyl adjacent to an activating group) is 1. The molecule has 0 aliphatic carbocycles. The number of alkyl halides is 2. The molecule has 3 aromatic rings. The van der Waals surface area contributed by atoms with E-state index in [1.165, 1.54) is 23.1 Å². The van der Waals surface area contributed by atoms with Crippen molar-refractivity contribution in [1.29, 1.82) is 0 Å². The van der Waals surface area contributed by atoms with E-state index in [-0.39, 0.29) is 47.8 Å². The number of carbonyl (C=O) groups is 3. The van der Waals surface area contributed by atoms with Crippen molar-refractivity contribution < 1.29 is 27.9 Å². The molecule has 0 aromatic heterocycles. The number of carbonyl (C=O) groups excluding carboxylic acids is 3. The van der Waals surface area contributed by atoms with Crippen LogP contribution in [-0.4, -0.2) is 68.4 Å². The quantitative estimate of drug-likeness (QED) is 0.289. The first-order chi connectivity index (χ1) is 20.5. The van der Waals surface area contributed by atoms with Gasteiger partial charge in [-0.05, 0) is 70.4 Å². The van der Waals surface area contributed by atoms with E-state index >= 15 is 8.78 Å².